The molecule has 0 aliphatic heterocycles. The Kier molecular flexibility index (Phi) is 6.05. The van der Waals surface area contributed by atoms with Crippen LogP contribution in [0.5, 0.6) is 5.75 Å². The second-order valence-corrected chi connectivity index (χ2v) is 4.03. The van der Waals surface area contributed by atoms with Gasteiger partial charge in [-0.2, -0.15) is 8.78 Å². The van der Waals surface area contributed by atoms with Crippen LogP contribution in [0, 0.1) is 5.92 Å². The number of ether oxygens (including phenoxy) is 1. The summed E-state index contributed by atoms with van der Waals surface area (Å²) in [6.45, 7) is 2.72. The van der Waals surface area contributed by atoms with Crippen molar-refractivity contribution in [1.82, 2.24) is 0 Å². The summed E-state index contributed by atoms with van der Waals surface area (Å²) in [4.78, 5) is 10.4. The van der Waals surface area contributed by atoms with Crippen LogP contribution in [0.4, 0.5) is 8.78 Å². The minimum atomic E-state index is -3.23. The molecule has 0 bridgehead atoms. The van der Waals surface area contributed by atoms with Crippen molar-refractivity contribution >= 4 is 18.4 Å². The summed E-state index contributed by atoms with van der Waals surface area (Å²) in [6.07, 6.45) is -3.37. The molecule has 0 spiro atoms. The van der Waals surface area contributed by atoms with Gasteiger partial charge in [0.25, 0.3) is 0 Å². The zero-order valence-electron chi connectivity index (χ0n) is 10.0. The second kappa shape index (κ2) is 6.54. The van der Waals surface area contributed by atoms with Gasteiger partial charge in [-0.25, -0.2) is 0 Å². The third-order valence-electron chi connectivity index (χ3n) is 2.20. The van der Waals surface area contributed by atoms with Crippen LogP contribution >= 0.6 is 12.4 Å². The molecule has 1 aromatic rings. The predicted molar refractivity (Wildman–Crippen MR) is 65.4 cm³/mol. The minimum Gasteiger partial charge on any atom is -0.481 e. The van der Waals surface area contributed by atoms with Gasteiger partial charge < -0.3 is 9.84 Å². The van der Waals surface area contributed by atoms with Gasteiger partial charge in [0.15, 0.2) is 0 Å². The van der Waals surface area contributed by atoms with Crippen LogP contribution in [0.1, 0.15) is 19.4 Å². The molecule has 0 aliphatic rings. The highest BCUT2D eigenvalue weighted by atomic mass is 35.5. The Morgan fingerprint density at radius 1 is 1.33 bits per heavy atom. The van der Waals surface area contributed by atoms with Crippen molar-refractivity contribution in [3.8, 4) is 5.75 Å². The van der Waals surface area contributed by atoms with Gasteiger partial charge >= 0.3 is 12.1 Å². The average molecular weight is 281 g/mol. The molecule has 1 aromatic carbocycles. The summed E-state index contributed by atoms with van der Waals surface area (Å²) >= 11 is 0. The number of carbonyl (C=O) groups is 1. The zero-order valence-corrected chi connectivity index (χ0v) is 10.8. The highest BCUT2D eigenvalue weighted by Crippen LogP contribution is 2.28. The molecule has 0 amide bonds. The molecule has 1 N–H and O–H groups in total. The van der Waals surface area contributed by atoms with E-state index in [2.05, 4.69) is 4.74 Å². The number of alkyl halides is 2. The van der Waals surface area contributed by atoms with E-state index in [1.807, 2.05) is 0 Å². The third kappa shape index (κ3) is 4.87. The van der Waals surface area contributed by atoms with Gasteiger partial charge in [0.1, 0.15) is 5.75 Å². The maximum absolute atomic E-state index is 13.2. The van der Waals surface area contributed by atoms with E-state index in [1.54, 1.807) is 0 Å². The zero-order chi connectivity index (χ0) is 13.1. The number of carboxylic acids is 1. The number of rotatable bonds is 5. The Morgan fingerprint density at radius 3 is 2.22 bits per heavy atom. The van der Waals surface area contributed by atoms with E-state index < -0.39 is 18.0 Å². The van der Waals surface area contributed by atoms with Crippen molar-refractivity contribution in [2.45, 2.75) is 26.4 Å². The topological polar surface area (TPSA) is 46.5 Å². The molecular weight excluding hydrogens is 266 g/mol. The normalized spacial score (nSPS) is 10.9. The molecule has 0 radical (unpaired) electrons. The lowest BCUT2D eigenvalue weighted by Gasteiger charge is -2.21. The summed E-state index contributed by atoms with van der Waals surface area (Å²) in [5.41, 5.74) is 0.540. The second-order valence-electron chi connectivity index (χ2n) is 4.03. The van der Waals surface area contributed by atoms with Gasteiger partial charge in [0.05, 0.1) is 12.3 Å². The molecule has 0 saturated heterocycles. The maximum atomic E-state index is 13.2. The first-order valence-corrected chi connectivity index (χ1v) is 5.19. The molecule has 0 atom stereocenters. The lowest BCUT2D eigenvalue weighted by molar-refractivity contribution is -0.207. The van der Waals surface area contributed by atoms with Crippen molar-refractivity contribution < 1.29 is 23.4 Å². The molecule has 102 valence electrons. The SMILES string of the molecule is CC(C)C(F)(F)Oc1ccc(CC(=O)O)cc1.Cl. The van der Waals surface area contributed by atoms with E-state index in [4.69, 9.17) is 5.11 Å². The van der Waals surface area contributed by atoms with E-state index in [-0.39, 0.29) is 24.6 Å². The van der Waals surface area contributed by atoms with E-state index in [1.165, 1.54) is 38.1 Å². The van der Waals surface area contributed by atoms with E-state index in [9.17, 15) is 13.6 Å². The van der Waals surface area contributed by atoms with Gasteiger partial charge in [0.2, 0.25) is 0 Å². The maximum Gasteiger partial charge on any atom is 0.400 e. The largest absolute Gasteiger partial charge is 0.481 e. The summed E-state index contributed by atoms with van der Waals surface area (Å²) in [5, 5.41) is 8.54. The van der Waals surface area contributed by atoms with Crippen LogP contribution in [0.25, 0.3) is 0 Å². The lowest BCUT2D eigenvalue weighted by atomic mass is 10.1. The van der Waals surface area contributed by atoms with Crippen LogP contribution in [-0.2, 0) is 11.2 Å². The predicted octanol–water partition coefficient (Wildman–Crippen LogP) is 3.36. The highest BCUT2D eigenvalue weighted by molar-refractivity contribution is 5.85. The summed E-state index contributed by atoms with van der Waals surface area (Å²) in [6, 6.07) is 5.60. The van der Waals surface area contributed by atoms with E-state index in [0.29, 0.717) is 5.56 Å². The standard InChI is InChI=1S/C12H14F2O3.ClH/c1-8(2)12(13,14)17-10-5-3-9(4-6-10)7-11(15)16;/h3-6,8H,7H2,1-2H3,(H,15,16);1H. The summed E-state index contributed by atoms with van der Waals surface area (Å²) in [7, 11) is 0. The molecule has 0 fully saturated rings. The molecule has 0 saturated carbocycles. The van der Waals surface area contributed by atoms with E-state index in [0.717, 1.165) is 0 Å². The number of benzene rings is 1. The first kappa shape index (κ1) is 16.6. The van der Waals surface area contributed by atoms with Crippen molar-refractivity contribution in [3.05, 3.63) is 29.8 Å². The minimum absolute atomic E-state index is 0. The van der Waals surface area contributed by atoms with Crippen LogP contribution in [-0.4, -0.2) is 17.2 Å². The van der Waals surface area contributed by atoms with Crippen molar-refractivity contribution in [2.75, 3.05) is 0 Å². The lowest BCUT2D eigenvalue weighted by Crippen LogP contribution is -2.31. The number of halogens is 3. The molecule has 6 heteroatoms. The summed E-state index contributed by atoms with van der Waals surface area (Å²) in [5.74, 6) is -1.87. The number of hydrogen-bond acceptors (Lipinski definition) is 2. The Morgan fingerprint density at radius 2 is 1.83 bits per heavy atom. The molecule has 0 unspecified atom stereocenters. The quantitative estimate of drug-likeness (QED) is 0.899. The van der Waals surface area contributed by atoms with Crippen molar-refractivity contribution in [2.24, 2.45) is 5.92 Å². The fourth-order valence-electron chi connectivity index (χ4n) is 1.12. The molecule has 0 aromatic heterocycles. The Hall–Kier alpha value is -1.36. The average Bonchev–Trinajstić information content (AvgIpc) is 2.19. The molecule has 0 aliphatic carbocycles. The first-order chi connectivity index (χ1) is 7.81. The van der Waals surface area contributed by atoms with E-state index >= 15 is 0 Å². The highest BCUT2D eigenvalue weighted by Gasteiger charge is 2.35. The monoisotopic (exact) mass is 280 g/mol. The molecular formula is C12H15ClF2O3. The van der Waals surface area contributed by atoms with Gasteiger partial charge in [-0.05, 0) is 17.7 Å². The van der Waals surface area contributed by atoms with Crippen LogP contribution < -0.4 is 4.74 Å². The number of hydrogen-bond donors (Lipinski definition) is 1. The van der Waals surface area contributed by atoms with Gasteiger partial charge in [-0.1, -0.05) is 26.0 Å². The first-order valence-electron chi connectivity index (χ1n) is 5.19. The Balaban J connectivity index is 0.00000289. The van der Waals surface area contributed by atoms with Gasteiger partial charge in [0, 0.05) is 0 Å². The molecule has 0 heterocycles. The fourth-order valence-corrected chi connectivity index (χ4v) is 1.12. The molecule has 3 nitrogen and oxygen atoms in total. The Labute approximate surface area is 110 Å². The molecule has 1 rings (SSSR count). The van der Waals surface area contributed by atoms with Crippen LogP contribution in [0.3, 0.4) is 0 Å². The third-order valence-corrected chi connectivity index (χ3v) is 2.20. The Bertz CT molecular complexity index is 391. The molecule has 18 heavy (non-hydrogen) atoms. The number of carboxylic acid groups (broad SMARTS) is 1. The van der Waals surface area contributed by atoms with Crippen LogP contribution in [0.2, 0.25) is 0 Å². The fraction of sp³-hybridized carbons (Fsp3) is 0.417. The van der Waals surface area contributed by atoms with Crippen LogP contribution in [0.15, 0.2) is 24.3 Å². The van der Waals surface area contributed by atoms with Crippen molar-refractivity contribution in [3.63, 3.8) is 0 Å². The van der Waals surface area contributed by atoms with Crippen molar-refractivity contribution in [1.29, 1.82) is 0 Å². The van der Waals surface area contributed by atoms with Gasteiger partial charge in [-0.3, -0.25) is 4.79 Å². The number of aliphatic carboxylic acids is 1. The smallest absolute Gasteiger partial charge is 0.400 e. The van der Waals surface area contributed by atoms with Gasteiger partial charge in [-0.15, -0.1) is 12.4 Å². The summed E-state index contributed by atoms with van der Waals surface area (Å²) < 4.78 is 31.0.